The average molecular weight is 221 g/mol. The molecule has 2 rings (SSSR count). The maximum absolute atomic E-state index is 10.6. The van der Waals surface area contributed by atoms with Crippen LogP contribution in [0.25, 0.3) is 0 Å². The summed E-state index contributed by atoms with van der Waals surface area (Å²) in [6.45, 7) is 2.95. The van der Waals surface area contributed by atoms with Gasteiger partial charge >= 0.3 is 0 Å². The Morgan fingerprint density at radius 2 is 2.19 bits per heavy atom. The molecule has 0 saturated carbocycles. The standard InChI is InChI=1S/C12H19N3O/c16-11-15-7-3-12(4-8-15)2-1-6-14-9-5-13-10-14/h5,9-12H,1-4,6-8H2. The van der Waals surface area contributed by atoms with Crippen molar-refractivity contribution in [1.29, 1.82) is 0 Å². The fourth-order valence-corrected chi connectivity index (χ4v) is 2.33. The third kappa shape index (κ3) is 3.08. The average Bonchev–Trinajstić information content (AvgIpc) is 2.83. The summed E-state index contributed by atoms with van der Waals surface area (Å²) in [4.78, 5) is 16.5. The number of nitrogens with zero attached hydrogens (tertiary/aromatic N) is 3. The number of likely N-dealkylation sites (tertiary alicyclic amines) is 1. The SMILES string of the molecule is O=CN1CCC(CCCn2ccnc2)CC1. The van der Waals surface area contributed by atoms with Gasteiger partial charge in [0.15, 0.2) is 0 Å². The van der Waals surface area contributed by atoms with Crippen LogP contribution >= 0.6 is 0 Å². The predicted octanol–water partition coefficient (Wildman–Crippen LogP) is 1.53. The molecule has 1 aliphatic heterocycles. The van der Waals surface area contributed by atoms with E-state index in [0.717, 1.165) is 32.0 Å². The highest BCUT2D eigenvalue weighted by molar-refractivity contribution is 5.47. The van der Waals surface area contributed by atoms with Crippen LogP contribution < -0.4 is 0 Å². The van der Waals surface area contributed by atoms with Crippen molar-refractivity contribution in [3.8, 4) is 0 Å². The minimum absolute atomic E-state index is 0.805. The highest BCUT2D eigenvalue weighted by atomic mass is 16.1. The van der Waals surface area contributed by atoms with Gasteiger partial charge in [-0.15, -0.1) is 0 Å². The van der Waals surface area contributed by atoms with Gasteiger partial charge in [0, 0.05) is 32.0 Å². The van der Waals surface area contributed by atoms with Crippen molar-refractivity contribution in [2.24, 2.45) is 5.92 Å². The van der Waals surface area contributed by atoms with E-state index in [4.69, 9.17) is 0 Å². The molecule has 1 saturated heterocycles. The summed E-state index contributed by atoms with van der Waals surface area (Å²) in [5.41, 5.74) is 0. The van der Waals surface area contributed by atoms with Crippen LogP contribution in [0.3, 0.4) is 0 Å². The zero-order chi connectivity index (χ0) is 11.2. The summed E-state index contributed by atoms with van der Waals surface area (Å²) in [5.74, 6) is 0.805. The van der Waals surface area contributed by atoms with Gasteiger partial charge in [0.25, 0.3) is 0 Å². The minimum Gasteiger partial charge on any atom is -0.345 e. The molecular formula is C12H19N3O. The molecule has 0 aromatic carbocycles. The quantitative estimate of drug-likeness (QED) is 0.707. The summed E-state index contributed by atoms with van der Waals surface area (Å²) in [6.07, 6.45) is 11.5. The summed E-state index contributed by atoms with van der Waals surface area (Å²) >= 11 is 0. The Hall–Kier alpha value is -1.32. The van der Waals surface area contributed by atoms with Gasteiger partial charge in [-0.05, 0) is 31.6 Å². The lowest BCUT2D eigenvalue weighted by Gasteiger charge is -2.29. The van der Waals surface area contributed by atoms with E-state index in [9.17, 15) is 4.79 Å². The first-order valence-corrected chi connectivity index (χ1v) is 6.03. The zero-order valence-corrected chi connectivity index (χ0v) is 9.59. The van der Waals surface area contributed by atoms with E-state index >= 15 is 0 Å². The number of aryl methyl sites for hydroxylation is 1. The molecule has 1 aromatic rings. The third-order valence-corrected chi connectivity index (χ3v) is 3.39. The normalized spacial score (nSPS) is 17.6. The number of hydrogen-bond donors (Lipinski definition) is 0. The van der Waals surface area contributed by atoms with Crippen molar-refractivity contribution in [3.05, 3.63) is 18.7 Å². The number of hydrogen-bond acceptors (Lipinski definition) is 2. The lowest BCUT2D eigenvalue weighted by molar-refractivity contribution is -0.119. The number of carbonyl (C=O) groups excluding carboxylic acids is 1. The number of amides is 1. The molecule has 0 unspecified atom stereocenters. The second-order valence-corrected chi connectivity index (χ2v) is 4.53. The molecule has 88 valence electrons. The summed E-state index contributed by atoms with van der Waals surface area (Å²) < 4.78 is 2.13. The maximum atomic E-state index is 10.6. The Labute approximate surface area is 96.3 Å². The molecule has 0 N–H and O–H groups in total. The van der Waals surface area contributed by atoms with E-state index in [1.165, 1.54) is 25.7 Å². The first kappa shape index (κ1) is 11.2. The molecule has 0 atom stereocenters. The van der Waals surface area contributed by atoms with Gasteiger partial charge < -0.3 is 9.47 Å². The highest BCUT2D eigenvalue weighted by Gasteiger charge is 2.17. The van der Waals surface area contributed by atoms with Crippen LogP contribution in [0.5, 0.6) is 0 Å². The van der Waals surface area contributed by atoms with Gasteiger partial charge in [0.2, 0.25) is 6.41 Å². The first-order chi connectivity index (χ1) is 7.88. The largest absolute Gasteiger partial charge is 0.345 e. The Morgan fingerprint density at radius 1 is 1.38 bits per heavy atom. The Morgan fingerprint density at radius 3 is 2.81 bits per heavy atom. The second-order valence-electron chi connectivity index (χ2n) is 4.53. The lowest BCUT2D eigenvalue weighted by Crippen LogP contribution is -2.32. The number of piperidine rings is 1. The van der Waals surface area contributed by atoms with Crippen LogP contribution in [0.4, 0.5) is 0 Å². The Balaban J connectivity index is 1.62. The van der Waals surface area contributed by atoms with Crippen LogP contribution in [0.2, 0.25) is 0 Å². The van der Waals surface area contributed by atoms with E-state index in [1.54, 1.807) is 0 Å². The first-order valence-electron chi connectivity index (χ1n) is 6.03. The summed E-state index contributed by atoms with van der Waals surface area (Å²) in [6, 6.07) is 0. The molecule has 1 aliphatic rings. The number of imidazole rings is 1. The van der Waals surface area contributed by atoms with Crippen LogP contribution in [0, 0.1) is 5.92 Å². The number of rotatable bonds is 5. The molecular weight excluding hydrogens is 202 g/mol. The Kier molecular flexibility index (Phi) is 3.97. The molecule has 0 aliphatic carbocycles. The van der Waals surface area contributed by atoms with Gasteiger partial charge in [-0.2, -0.15) is 0 Å². The van der Waals surface area contributed by atoms with Crippen molar-refractivity contribution in [1.82, 2.24) is 14.5 Å². The second kappa shape index (κ2) is 5.68. The van der Waals surface area contributed by atoms with E-state index < -0.39 is 0 Å². The summed E-state index contributed by atoms with van der Waals surface area (Å²) in [7, 11) is 0. The fourth-order valence-electron chi connectivity index (χ4n) is 2.33. The van der Waals surface area contributed by atoms with Crippen molar-refractivity contribution < 1.29 is 4.79 Å². The predicted molar refractivity (Wildman–Crippen MR) is 61.8 cm³/mol. The minimum atomic E-state index is 0.805. The molecule has 4 heteroatoms. The molecule has 0 bridgehead atoms. The molecule has 0 radical (unpaired) electrons. The third-order valence-electron chi connectivity index (χ3n) is 3.39. The van der Waals surface area contributed by atoms with Gasteiger partial charge in [-0.25, -0.2) is 4.98 Å². The van der Waals surface area contributed by atoms with Crippen molar-refractivity contribution >= 4 is 6.41 Å². The van der Waals surface area contributed by atoms with Gasteiger partial charge in [-0.1, -0.05) is 0 Å². The molecule has 2 heterocycles. The van der Waals surface area contributed by atoms with E-state index in [1.807, 2.05) is 23.6 Å². The van der Waals surface area contributed by atoms with Gasteiger partial charge in [0.05, 0.1) is 6.33 Å². The molecule has 16 heavy (non-hydrogen) atoms. The lowest BCUT2D eigenvalue weighted by atomic mass is 9.92. The number of aromatic nitrogens is 2. The van der Waals surface area contributed by atoms with Crippen LogP contribution in [-0.2, 0) is 11.3 Å². The van der Waals surface area contributed by atoms with E-state index in [-0.39, 0.29) is 0 Å². The van der Waals surface area contributed by atoms with Crippen LogP contribution in [0.1, 0.15) is 25.7 Å². The molecule has 1 amide bonds. The monoisotopic (exact) mass is 221 g/mol. The number of carbonyl (C=O) groups is 1. The molecule has 1 aromatic heterocycles. The van der Waals surface area contributed by atoms with Crippen molar-refractivity contribution in [3.63, 3.8) is 0 Å². The zero-order valence-electron chi connectivity index (χ0n) is 9.59. The molecule has 4 nitrogen and oxygen atoms in total. The van der Waals surface area contributed by atoms with Gasteiger partial charge in [0.1, 0.15) is 0 Å². The topological polar surface area (TPSA) is 38.1 Å². The van der Waals surface area contributed by atoms with E-state index in [2.05, 4.69) is 9.55 Å². The summed E-state index contributed by atoms with van der Waals surface area (Å²) in [5, 5.41) is 0. The smallest absolute Gasteiger partial charge is 0.209 e. The highest BCUT2D eigenvalue weighted by Crippen LogP contribution is 2.21. The van der Waals surface area contributed by atoms with Gasteiger partial charge in [-0.3, -0.25) is 4.79 Å². The molecule has 1 fully saturated rings. The molecule has 0 spiro atoms. The Bertz CT molecular complexity index is 302. The van der Waals surface area contributed by atoms with Crippen molar-refractivity contribution in [2.75, 3.05) is 13.1 Å². The van der Waals surface area contributed by atoms with Crippen LogP contribution in [-0.4, -0.2) is 34.0 Å². The van der Waals surface area contributed by atoms with Crippen molar-refractivity contribution in [2.45, 2.75) is 32.2 Å². The maximum Gasteiger partial charge on any atom is 0.209 e. The van der Waals surface area contributed by atoms with Crippen LogP contribution in [0.15, 0.2) is 18.7 Å². The fraction of sp³-hybridized carbons (Fsp3) is 0.667. The van der Waals surface area contributed by atoms with E-state index in [0.29, 0.717) is 0 Å².